The third kappa shape index (κ3) is 3.54. The smallest absolute Gasteiger partial charge is 0.258 e. The molecule has 6 heteroatoms. The Morgan fingerprint density at radius 2 is 2.00 bits per heavy atom. The fraction of sp³-hybridized carbons (Fsp3) is 0.133. The molecule has 110 valence electrons. The summed E-state index contributed by atoms with van der Waals surface area (Å²) in [7, 11) is 3.63. The van der Waals surface area contributed by atoms with Crippen LogP contribution in [-0.2, 0) is 0 Å². The van der Waals surface area contributed by atoms with E-state index in [-0.39, 0.29) is 5.56 Å². The fourth-order valence-corrected chi connectivity index (χ4v) is 2.64. The van der Waals surface area contributed by atoms with Gasteiger partial charge in [-0.2, -0.15) is 0 Å². The van der Waals surface area contributed by atoms with Crippen LogP contribution in [0, 0.1) is 5.82 Å². The van der Waals surface area contributed by atoms with E-state index in [1.807, 2.05) is 14.1 Å². The van der Waals surface area contributed by atoms with E-state index in [4.69, 9.17) is 11.6 Å². The summed E-state index contributed by atoms with van der Waals surface area (Å²) < 4.78 is 14.4. The van der Waals surface area contributed by atoms with Crippen molar-refractivity contribution in [1.82, 2.24) is 0 Å². The normalized spacial score (nSPS) is 10.3. The number of rotatable bonds is 3. The Bertz CT molecular complexity index is 691. The van der Waals surface area contributed by atoms with Crippen LogP contribution in [0.1, 0.15) is 10.4 Å². The Morgan fingerprint density at radius 3 is 2.67 bits per heavy atom. The number of nitrogens with one attached hydrogen (secondary N) is 1. The maximum atomic E-state index is 13.7. The average molecular weight is 372 g/mol. The highest BCUT2D eigenvalue weighted by Crippen LogP contribution is 2.32. The van der Waals surface area contributed by atoms with Crippen LogP contribution in [0.15, 0.2) is 40.9 Å². The van der Waals surface area contributed by atoms with Crippen LogP contribution in [0.2, 0.25) is 5.02 Å². The number of hydrogen-bond donors (Lipinski definition) is 1. The summed E-state index contributed by atoms with van der Waals surface area (Å²) in [6.45, 7) is 0. The summed E-state index contributed by atoms with van der Waals surface area (Å²) in [5, 5.41) is 3.20. The number of para-hydroxylation sites is 1. The van der Waals surface area contributed by atoms with Gasteiger partial charge in [0.1, 0.15) is 5.82 Å². The van der Waals surface area contributed by atoms with Crippen molar-refractivity contribution in [1.29, 1.82) is 0 Å². The summed E-state index contributed by atoms with van der Waals surface area (Å²) >= 11 is 9.36. The van der Waals surface area contributed by atoms with Crippen LogP contribution >= 0.6 is 27.5 Å². The molecular formula is C15H13BrClFN2O. The van der Waals surface area contributed by atoms with Gasteiger partial charge in [-0.25, -0.2) is 4.39 Å². The molecule has 0 bridgehead atoms. The highest BCUT2D eigenvalue weighted by Gasteiger charge is 2.16. The minimum atomic E-state index is -0.580. The maximum Gasteiger partial charge on any atom is 0.258 e. The molecule has 2 rings (SSSR count). The number of carbonyl (C=O) groups excluding carboxylic acids is 1. The summed E-state index contributed by atoms with van der Waals surface area (Å²) in [6, 6.07) is 9.38. The van der Waals surface area contributed by atoms with Crippen molar-refractivity contribution < 1.29 is 9.18 Å². The number of amides is 1. The van der Waals surface area contributed by atoms with Gasteiger partial charge in [-0.1, -0.05) is 33.6 Å². The highest BCUT2D eigenvalue weighted by atomic mass is 79.9. The van der Waals surface area contributed by atoms with Crippen molar-refractivity contribution in [3.63, 3.8) is 0 Å². The van der Waals surface area contributed by atoms with E-state index < -0.39 is 11.7 Å². The summed E-state index contributed by atoms with van der Waals surface area (Å²) in [4.78, 5) is 14.0. The van der Waals surface area contributed by atoms with Crippen LogP contribution in [0.25, 0.3) is 0 Å². The predicted octanol–water partition coefficient (Wildman–Crippen LogP) is 4.56. The molecule has 0 atom stereocenters. The molecule has 0 spiro atoms. The average Bonchev–Trinajstić information content (AvgIpc) is 2.41. The molecule has 0 aliphatic rings. The van der Waals surface area contributed by atoms with Gasteiger partial charge >= 0.3 is 0 Å². The Kier molecular flexibility index (Phi) is 4.85. The van der Waals surface area contributed by atoms with Crippen molar-refractivity contribution in [2.24, 2.45) is 0 Å². The number of carbonyl (C=O) groups is 1. The minimum Gasteiger partial charge on any atom is -0.375 e. The molecule has 0 saturated carbocycles. The first-order valence-corrected chi connectivity index (χ1v) is 7.29. The van der Waals surface area contributed by atoms with Gasteiger partial charge in [0.2, 0.25) is 0 Å². The summed E-state index contributed by atoms with van der Waals surface area (Å²) in [5.74, 6) is -1.11. The monoisotopic (exact) mass is 370 g/mol. The maximum absolute atomic E-state index is 13.7. The van der Waals surface area contributed by atoms with Gasteiger partial charge in [0.25, 0.3) is 5.91 Å². The standard InChI is InChI=1S/C15H13BrClFN2O/c1-20(2)14-11(17)4-3-5-13(14)19-15(21)10-8-9(16)6-7-12(10)18/h3-8H,1-2H3,(H,19,21). The molecule has 0 radical (unpaired) electrons. The minimum absolute atomic E-state index is 0.0333. The summed E-state index contributed by atoms with van der Waals surface area (Å²) in [5.41, 5.74) is 1.16. The lowest BCUT2D eigenvalue weighted by molar-refractivity contribution is 0.102. The molecule has 3 nitrogen and oxygen atoms in total. The van der Waals surface area contributed by atoms with Gasteiger partial charge in [0.05, 0.1) is 22.0 Å². The van der Waals surface area contributed by atoms with Crippen molar-refractivity contribution in [3.8, 4) is 0 Å². The van der Waals surface area contributed by atoms with Crippen molar-refractivity contribution in [2.75, 3.05) is 24.3 Å². The van der Waals surface area contributed by atoms with E-state index in [1.165, 1.54) is 18.2 Å². The van der Waals surface area contributed by atoms with Gasteiger partial charge in [-0.15, -0.1) is 0 Å². The van der Waals surface area contributed by atoms with Gasteiger partial charge < -0.3 is 10.2 Å². The molecule has 21 heavy (non-hydrogen) atoms. The zero-order valence-corrected chi connectivity index (χ0v) is 13.8. The van der Waals surface area contributed by atoms with E-state index in [0.29, 0.717) is 20.9 Å². The first-order chi connectivity index (χ1) is 9.90. The molecule has 0 unspecified atom stereocenters. The Morgan fingerprint density at radius 1 is 1.29 bits per heavy atom. The Hall–Kier alpha value is -1.59. The second-order valence-electron chi connectivity index (χ2n) is 4.61. The molecule has 0 saturated heterocycles. The largest absolute Gasteiger partial charge is 0.375 e. The highest BCUT2D eigenvalue weighted by molar-refractivity contribution is 9.10. The molecule has 0 aliphatic heterocycles. The first-order valence-electron chi connectivity index (χ1n) is 6.12. The van der Waals surface area contributed by atoms with E-state index in [1.54, 1.807) is 23.1 Å². The molecule has 2 aromatic carbocycles. The lowest BCUT2D eigenvalue weighted by Gasteiger charge is -2.19. The van der Waals surface area contributed by atoms with Gasteiger partial charge in [-0.05, 0) is 30.3 Å². The second-order valence-corrected chi connectivity index (χ2v) is 5.93. The SMILES string of the molecule is CN(C)c1c(Cl)cccc1NC(=O)c1cc(Br)ccc1F. The topological polar surface area (TPSA) is 32.3 Å². The molecule has 2 aromatic rings. The molecule has 0 aliphatic carbocycles. The van der Waals surface area contributed by atoms with E-state index >= 15 is 0 Å². The van der Waals surface area contributed by atoms with Crippen LogP contribution in [0.5, 0.6) is 0 Å². The van der Waals surface area contributed by atoms with Crippen LogP contribution in [0.3, 0.4) is 0 Å². The number of anilines is 2. The van der Waals surface area contributed by atoms with Crippen LogP contribution in [-0.4, -0.2) is 20.0 Å². The quantitative estimate of drug-likeness (QED) is 0.858. The van der Waals surface area contributed by atoms with E-state index in [9.17, 15) is 9.18 Å². The Labute approximate surface area is 135 Å². The molecular weight excluding hydrogens is 359 g/mol. The molecule has 1 N–H and O–H groups in total. The third-order valence-corrected chi connectivity index (χ3v) is 3.65. The second kappa shape index (κ2) is 6.45. The van der Waals surface area contributed by atoms with Crippen LogP contribution in [0.4, 0.5) is 15.8 Å². The zero-order valence-electron chi connectivity index (χ0n) is 11.5. The molecule has 1 amide bonds. The molecule has 0 fully saturated rings. The lowest BCUT2D eigenvalue weighted by Crippen LogP contribution is -2.18. The van der Waals surface area contributed by atoms with E-state index in [0.717, 1.165) is 0 Å². The predicted molar refractivity (Wildman–Crippen MR) is 87.8 cm³/mol. The lowest BCUT2D eigenvalue weighted by atomic mass is 10.2. The number of hydrogen-bond acceptors (Lipinski definition) is 2. The third-order valence-electron chi connectivity index (χ3n) is 2.86. The molecule has 0 heterocycles. The fourth-order valence-electron chi connectivity index (χ4n) is 1.93. The zero-order chi connectivity index (χ0) is 15.6. The molecule has 0 aromatic heterocycles. The van der Waals surface area contributed by atoms with E-state index in [2.05, 4.69) is 21.2 Å². The number of nitrogens with zero attached hydrogens (tertiary/aromatic N) is 1. The van der Waals surface area contributed by atoms with Gasteiger partial charge in [0.15, 0.2) is 0 Å². The first kappa shape index (κ1) is 15.8. The van der Waals surface area contributed by atoms with Gasteiger partial charge in [0, 0.05) is 18.6 Å². The number of benzene rings is 2. The van der Waals surface area contributed by atoms with Crippen molar-refractivity contribution >= 4 is 44.8 Å². The van der Waals surface area contributed by atoms with Crippen LogP contribution < -0.4 is 10.2 Å². The summed E-state index contributed by atoms with van der Waals surface area (Å²) in [6.07, 6.45) is 0. The van der Waals surface area contributed by atoms with Crippen molar-refractivity contribution in [2.45, 2.75) is 0 Å². The van der Waals surface area contributed by atoms with Gasteiger partial charge in [-0.3, -0.25) is 4.79 Å². The van der Waals surface area contributed by atoms with Crippen molar-refractivity contribution in [3.05, 3.63) is 57.3 Å². The Balaban J connectivity index is 2.36. The number of halogens is 3.